The van der Waals surface area contributed by atoms with Gasteiger partial charge in [-0.2, -0.15) is 5.10 Å². The summed E-state index contributed by atoms with van der Waals surface area (Å²) in [4.78, 5) is 2.34. The Kier molecular flexibility index (Phi) is 2.59. The first kappa shape index (κ1) is 10.7. The van der Waals surface area contributed by atoms with Gasteiger partial charge in [0.2, 0.25) is 0 Å². The highest BCUT2D eigenvalue weighted by Crippen LogP contribution is 2.26. The summed E-state index contributed by atoms with van der Waals surface area (Å²) in [5.74, 6) is -0.180. The van der Waals surface area contributed by atoms with E-state index in [4.69, 9.17) is 0 Å². The Balaban J connectivity index is 1.80. The highest BCUT2D eigenvalue weighted by atomic mass is 19.1. The molecule has 1 aromatic carbocycles. The number of fused-ring (bicyclic) bond motifs is 1. The second-order valence-electron chi connectivity index (χ2n) is 4.80. The lowest BCUT2D eigenvalue weighted by molar-refractivity contribution is 0.327. The maximum absolute atomic E-state index is 13.7. The molecule has 0 atom stereocenters. The summed E-state index contributed by atoms with van der Waals surface area (Å²) in [5, 5.41) is 7.74. The minimum atomic E-state index is -0.180. The van der Waals surface area contributed by atoms with Gasteiger partial charge >= 0.3 is 0 Å². The summed E-state index contributed by atoms with van der Waals surface area (Å²) in [6.07, 6.45) is 3.42. The lowest BCUT2D eigenvalue weighted by Gasteiger charge is -2.14. The number of aromatic nitrogens is 2. The fourth-order valence-corrected chi connectivity index (χ4v) is 2.26. The van der Waals surface area contributed by atoms with Gasteiger partial charge in [-0.1, -0.05) is 6.07 Å². The maximum atomic E-state index is 13.7. The maximum Gasteiger partial charge on any atom is 0.134 e. The van der Waals surface area contributed by atoms with Crippen molar-refractivity contribution in [3.05, 3.63) is 29.7 Å². The third kappa shape index (κ3) is 2.05. The first-order chi connectivity index (χ1) is 8.25. The topological polar surface area (TPSA) is 31.9 Å². The molecular formula is C13H16FN3. The van der Waals surface area contributed by atoms with Crippen molar-refractivity contribution in [2.45, 2.75) is 25.3 Å². The van der Waals surface area contributed by atoms with Crippen molar-refractivity contribution in [1.82, 2.24) is 15.1 Å². The van der Waals surface area contributed by atoms with Crippen LogP contribution < -0.4 is 0 Å². The monoisotopic (exact) mass is 233 g/mol. The Hall–Kier alpha value is -1.42. The third-order valence-corrected chi connectivity index (χ3v) is 3.49. The van der Waals surface area contributed by atoms with E-state index in [1.165, 1.54) is 18.9 Å². The third-order valence-electron chi connectivity index (χ3n) is 3.49. The van der Waals surface area contributed by atoms with E-state index in [1.807, 2.05) is 6.07 Å². The standard InChI is InChI=1S/C13H16FN3/c1-17(9-5-6-9)8-7-12-13-10(14)3-2-4-11(13)15-16-12/h2-4,9H,5-8H2,1H3,(H,15,16). The molecule has 1 saturated carbocycles. The van der Waals surface area contributed by atoms with Gasteiger partial charge in [-0.25, -0.2) is 4.39 Å². The molecular weight excluding hydrogens is 217 g/mol. The quantitative estimate of drug-likeness (QED) is 0.879. The number of nitrogens with one attached hydrogen (secondary N) is 1. The number of H-pyrrole nitrogens is 1. The molecule has 0 amide bonds. The predicted molar refractivity (Wildman–Crippen MR) is 65.4 cm³/mol. The number of rotatable bonds is 4. The van der Waals surface area contributed by atoms with E-state index in [9.17, 15) is 4.39 Å². The zero-order valence-electron chi connectivity index (χ0n) is 9.91. The van der Waals surface area contributed by atoms with Gasteiger partial charge in [0, 0.05) is 24.7 Å². The molecule has 1 N–H and O–H groups in total. The summed E-state index contributed by atoms with van der Waals surface area (Å²) >= 11 is 0. The van der Waals surface area contributed by atoms with Crippen LogP contribution in [0, 0.1) is 5.82 Å². The highest BCUT2D eigenvalue weighted by Gasteiger charge is 2.25. The number of aromatic amines is 1. The molecule has 0 unspecified atom stereocenters. The molecule has 0 radical (unpaired) electrons. The van der Waals surface area contributed by atoms with Crippen molar-refractivity contribution < 1.29 is 4.39 Å². The molecule has 3 rings (SSSR count). The Morgan fingerprint density at radius 3 is 3.06 bits per heavy atom. The Bertz CT molecular complexity index is 530. The van der Waals surface area contributed by atoms with Gasteiger partial charge in [0.05, 0.1) is 10.9 Å². The van der Waals surface area contributed by atoms with Crippen molar-refractivity contribution in [3.63, 3.8) is 0 Å². The van der Waals surface area contributed by atoms with Crippen molar-refractivity contribution in [1.29, 1.82) is 0 Å². The Labute approximate surface area is 99.6 Å². The molecule has 1 heterocycles. The molecule has 1 aliphatic rings. The second-order valence-corrected chi connectivity index (χ2v) is 4.80. The van der Waals surface area contributed by atoms with Gasteiger partial charge < -0.3 is 4.90 Å². The fourth-order valence-electron chi connectivity index (χ4n) is 2.26. The molecule has 1 aliphatic carbocycles. The Morgan fingerprint density at radius 2 is 2.29 bits per heavy atom. The molecule has 17 heavy (non-hydrogen) atoms. The van der Waals surface area contributed by atoms with E-state index in [2.05, 4.69) is 22.1 Å². The van der Waals surface area contributed by atoms with Crippen LogP contribution >= 0.6 is 0 Å². The van der Waals surface area contributed by atoms with Crippen LogP contribution in [-0.4, -0.2) is 34.7 Å². The predicted octanol–water partition coefficient (Wildman–Crippen LogP) is 2.34. The van der Waals surface area contributed by atoms with E-state index in [0.717, 1.165) is 24.7 Å². The number of hydrogen-bond donors (Lipinski definition) is 1. The van der Waals surface area contributed by atoms with Crippen LogP contribution in [-0.2, 0) is 6.42 Å². The van der Waals surface area contributed by atoms with Crippen LogP contribution in [0.2, 0.25) is 0 Å². The normalized spacial score (nSPS) is 15.9. The summed E-state index contributed by atoms with van der Waals surface area (Å²) < 4.78 is 13.7. The number of nitrogens with zero attached hydrogens (tertiary/aromatic N) is 2. The molecule has 0 spiro atoms. The van der Waals surface area contributed by atoms with Gasteiger partial charge in [0.1, 0.15) is 5.82 Å². The molecule has 1 fully saturated rings. The fraction of sp³-hybridized carbons (Fsp3) is 0.462. The van der Waals surface area contributed by atoms with E-state index in [1.54, 1.807) is 6.07 Å². The molecule has 90 valence electrons. The molecule has 4 heteroatoms. The lowest BCUT2D eigenvalue weighted by Crippen LogP contribution is -2.23. The largest absolute Gasteiger partial charge is 0.303 e. The number of hydrogen-bond acceptors (Lipinski definition) is 2. The summed E-state index contributed by atoms with van der Waals surface area (Å²) in [7, 11) is 2.13. The average molecular weight is 233 g/mol. The highest BCUT2D eigenvalue weighted by molar-refractivity contribution is 5.81. The van der Waals surface area contributed by atoms with Crippen LogP contribution in [0.15, 0.2) is 18.2 Å². The summed E-state index contributed by atoms with van der Waals surface area (Å²) in [6.45, 7) is 0.955. The van der Waals surface area contributed by atoms with Crippen molar-refractivity contribution in [3.8, 4) is 0 Å². The van der Waals surface area contributed by atoms with Crippen LogP contribution in [0.4, 0.5) is 4.39 Å². The zero-order valence-corrected chi connectivity index (χ0v) is 9.91. The lowest BCUT2D eigenvalue weighted by atomic mass is 10.1. The van der Waals surface area contributed by atoms with Crippen molar-refractivity contribution >= 4 is 10.9 Å². The van der Waals surface area contributed by atoms with Gasteiger partial charge in [-0.05, 0) is 32.0 Å². The van der Waals surface area contributed by atoms with Crippen LogP contribution in [0.25, 0.3) is 10.9 Å². The van der Waals surface area contributed by atoms with E-state index >= 15 is 0 Å². The Morgan fingerprint density at radius 1 is 1.47 bits per heavy atom. The first-order valence-electron chi connectivity index (χ1n) is 6.07. The second kappa shape index (κ2) is 4.11. The van der Waals surface area contributed by atoms with Crippen molar-refractivity contribution in [2.75, 3.05) is 13.6 Å². The molecule has 3 nitrogen and oxygen atoms in total. The molecule has 0 saturated heterocycles. The smallest absolute Gasteiger partial charge is 0.134 e. The minimum Gasteiger partial charge on any atom is -0.303 e. The number of likely N-dealkylation sites (N-methyl/N-ethyl adjacent to an activating group) is 1. The van der Waals surface area contributed by atoms with E-state index in [-0.39, 0.29) is 5.82 Å². The van der Waals surface area contributed by atoms with E-state index in [0.29, 0.717) is 10.9 Å². The zero-order chi connectivity index (χ0) is 11.8. The molecule has 0 bridgehead atoms. The van der Waals surface area contributed by atoms with Crippen molar-refractivity contribution in [2.24, 2.45) is 0 Å². The van der Waals surface area contributed by atoms with Gasteiger partial charge in [-0.15, -0.1) is 0 Å². The van der Waals surface area contributed by atoms with E-state index < -0.39 is 0 Å². The SMILES string of the molecule is CN(CCc1[nH]nc2cccc(F)c12)C1CC1. The molecule has 0 aliphatic heterocycles. The first-order valence-corrected chi connectivity index (χ1v) is 6.07. The van der Waals surface area contributed by atoms with Crippen LogP contribution in [0.3, 0.4) is 0 Å². The van der Waals surface area contributed by atoms with Crippen LogP contribution in [0.1, 0.15) is 18.5 Å². The molecule has 2 aromatic rings. The van der Waals surface area contributed by atoms with Gasteiger partial charge in [-0.3, -0.25) is 5.10 Å². The minimum absolute atomic E-state index is 0.180. The number of halogens is 1. The van der Waals surface area contributed by atoms with Gasteiger partial charge in [0.25, 0.3) is 0 Å². The summed E-state index contributed by atoms with van der Waals surface area (Å²) in [6, 6.07) is 5.77. The van der Waals surface area contributed by atoms with Crippen LogP contribution in [0.5, 0.6) is 0 Å². The number of benzene rings is 1. The summed E-state index contributed by atoms with van der Waals surface area (Å²) in [5.41, 5.74) is 1.62. The average Bonchev–Trinajstić information content (AvgIpc) is 3.08. The molecule has 1 aromatic heterocycles. The van der Waals surface area contributed by atoms with Gasteiger partial charge in [0.15, 0.2) is 0 Å².